The summed E-state index contributed by atoms with van der Waals surface area (Å²) in [6, 6.07) is 16.1. The number of carbonyl (C=O) groups is 1. The van der Waals surface area contributed by atoms with E-state index in [4.69, 9.17) is 17.3 Å². The number of hydrogen-bond acceptors (Lipinski definition) is 4. The molecule has 4 nitrogen and oxygen atoms in total. The van der Waals surface area contributed by atoms with Crippen molar-refractivity contribution in [2.75, 3.05) is 19.6 Å². The van der Waals surface area contributed by atoms with Gasteiger partial charge in [-0.2, -0.15) is 0 Å². The van der Waals surface area contributed by atoms with E-state index in [1.807, 2.05) is 37.3 Å². The molecule has 0 amide bonds. The first kappa shape index (κ1) is 23.5. The van der Waals surface area contributed by atoms with Gasteiger partial charge in [-0.25, -0.2) is 4.39 Å². The van der Waals surface area contributed by atoms with Crippen molar-refractivity contribution in [2.24, 2.45) is 5.73 Å². The van der Waals surface area contributed by atoms with Crippen LogP contribution in [0.15, 0.2) is 54.6 Å². The molecule has 1 aliphatic heterocycles. The number of aliphatic hydroxyl groups is 1. The Morgan fingerprint density at radius 2 is 1.72 bits per heavy atom. The zero-order chi connectivity index (χ0) is 21.3. The lowest BCUT2D eigenvalue weighted by molar-refractivity contribution is -0.0556. The van der Waals surface area contributed by atoms with Crippen molar-refractivity contribution in [2.45, 2.75) is 44.5 Å². The van der Waals surface area contributed by atoms with E-state index in [0.717, 1.165) is 12.1 Å². The Bertz CT molecular complexity index is 747. The quantitative estimate of drug-likeness (QED) is 0.531. The van der Waals surface area contributed by atoms with Gasteiger partial charge in [-0.3, -0.25) is 9.69 Å². The maximum atomic E-state index is 14.5. The van der Waals surface area contributed by atoms with Crippen molar-refractivity contribution in [3.05, 3.63) is 70.7 Å². The lowest BCUT2D eigenvalue weighted by atomic mass is 9.84. The summed E-state index contributed by atoms with van der Waals surface area (Å²) in [5.74, 6) is -0.0390. The van der Waals surface area contributed by atoms with E-state index in [1.165, 1.54) is 0 Å². The van der Waals surface area contributed by atoms with Gasteiger partial charge < -0.3 is 10.8 Å². The molecule has 0 spiro atoms. The fourth-order valence-electron chi connectivity index (χ4n) is 3.42. The van der Waals surface area contributed by atoms with E-state index in [1.54, 1.807) is 29.2 Å². The predicted octanol–water partition coefficient (Wildman–Crippen LogP) is 4.55. The average Bonchev–Trinajstić information content (AvgIpc) is 2.74. The van der Waals surface area contributed by atoms with Crippen LogP contribution in [0.4, 0.5) is 4.39 Å². The highest BCUT2D eigenvalue weighted by molar-refractivity contribution is 6.30. The highest BCUT2D eigenvalue weighted by atomic mass is 35.5. The van der Waals surface area contributed by atoms with Crippen LogP contribution in [0.5, 0.6) is 0 Å². The van der Waals surface area contributed by atoms with Crippen LogP contribution in [-0.4, -0.2) is 41.7 Å². The number of alkyl halides is 1. The number of carbonyl (C=O) groups excluding carboxylic acids is 1. The standard InChI is InChI=1S/C21H23ClFNO2.C2H7N/c22-18-8-6-17(7-9-18)21(26)12-14-24(15-13-21)20(23)11-10-19(25)16-4-2-1-3-5-16;1-2-3/h1-9,20,26H,10-15H2;2-3H2,1H3. The van der Waals surface area contributed by atoms with Crippen LogP contribution in [0.3, 0.4) is 0 Å². The molecule has 1 atom stereocenters. The van der Waals surface area contributed by atoms with E-state index in [0.29, 0.717) is 36.5 Å². The molecule has 1 heterocycles. The van der Waals surface area contributed by atoms with Crippen LogP contribution in [0.25, 0.3) is 0 Å². The van der Waals surface area contributed by atoms with E-state index in [-0.39, 0.29) is 18.6 Å². The van der Waals surface area contributed by atoms with E-state index < -0.39 is 11.9 Å². The van der Waals surface area contributed by atoms with Crippen LogP contribution in [0.2, 0.25) is 5.02 Å². The summed E-state index contributed by atoms with van der Waals surface area (Å²) in [5, 5.41) is 11.5. The number of ketones is 1. The maximum Gasteiger partial charge on any atom is 0.163 e. The van der Waals surface area contributed by atoms with Crippen LogP contribution < -0.4 is 5.73 Å². The molecular weight excluding hydrogens is 391 g/mol. The predicted molar refractivity (Wildman–Crippen MR) is 116 cm³/mol. The van der Waals surface area contributed by atoms with Gasteiger partial charge in [0.2, 0.25) is 0 Å². The summed E-state index contributed by atoms with van der Waals surface area (Å²) >= 11 is 5.90. The third-order valence-corrected chi connectivity index (χ3v) is 5.36. The Morgan fingerprint density at radius 1 is 1.17 bits per heavy atom. The summed E-state index contributed by atoms with van der Waals surface area (Å²) in [5.41, 5.74) is 5.34. The zero-order valence-corrected chi connectivity index (χ0v) is 17.6. The highest BCUT2D eigenvalue weighted by Crippen LogP contribution is 2.34. The fourth-order valence-corrected chi connectivity index (χ4v) is 3.55. The second-order valence-electron chi connectivity index (χ2n) is 7.25. The van der Waals surface area contributed by atoms with Crippen LogP contribution in [-0.2, 0) is 5.60 Å². The van der Waals surface area contributed by atoms with Gasteiger partial charge in [0.15, 0.2) is 12.1 Å². The number of nitrogens with zero attached hydrogens (tertiary/aromatic N) is 1. The molecule has 2 aromatic carbocycles. The first-order valence-corrected chi connectivity index (χ1v) is 10.4. The largest absolute Gasteiger partial charge is 0.385 e. The summed E-state index contributed by atoms with van der Waals surface area (Å²) in [7, 11) is 0. The molecule has 0 aromatic heterocycles. The van der Waals surface area contributed by atoms with Gasteiger partial charge >= 0.3 is 0 Å². The normalized spacial score (nSPS) is 17.1. The Labute approximate surface area is 177 Å². The molecular formula is C23H30ClFN2O2. The van der Waals surface area contributed by atoms with Crippen molar-refractivity contribution in [1.82, 2.24) is 4.90 Å². The molecule has 1 aliphatic rings. The lowest BCUT2D eigenvalue weighted by Gasteiger charge is -2.39. The molecule has 0 aliphatic carbocycles. The summed E-state index contributed by atoms with van der Waals surface area (Å²) < 4.78 is 14.5. The summed E-state index contributed by atoms with van der Waals surface area (Å²) in [6.07, 6.45) is 0.108. The SMILES string of the molecule is CCN.O=C(CCC(F)N1CCC(O)(c2ccc(Cl)cc2)CC1)c1ccccc1. The van der Waals surface area contributed by atoms with Gasteiger partial charge in [0.05, 0.1) is 5.60 Å². The van der Waals surface area contributed by atoms with Crippen molar-refractivity contribution >= 4 is 17.4 Å². The first-order valence-electron chi connectivity index (χ1n) is 10.0. The monoisotopic (exact) mass is 420 g/mol. The van der Waals surface area contributed by atoms with Gasteiger partial charge in [-0.15, -0.1) is 0 Å². The van der Waals surface area contributed by atoms with E-state index in [9.17, 15) is 14.3 Å². The molecule has 1 saturated heterocycles. The van der Waals surface area contributed by atoms with E-state index in [2.05, 4.69) is 0 Å². The minimum atomic E-state index is -1.17. The van der Waals surface area contributed by atoms with Crippen molar-refractivity contribution in [3.63, 3.8) is 0 Å². The number of nitrogens with two attached hydrogens (primary N) is 1. The molecule has 0 bridgehead atoms. The maximum absolute atomic E-state index is 14.5. The second kappa shape index (κ2) is 11.4. The van der Waals surface area contributed by atoms with Crippen LogP contribution in [0, 0.1) is 0 Å². The molecule has 3 rings (SSSR count). The Morgan fingerprint density at radius 3 is 2.28 bits per heavy atom. The van der Waals surface area contributed by atoms with E-state index >= 15 is 0 Å². The smallest absolute Gasteiger partial charge is 0.163 e. The topological polar surface area (TPSA) is 66.6 Å². The Kier molecular flexibility index (Phi) is 9.24. The number of benzene rings is 2. The highest BCUT2D eigenvalue weighted by Gasteiger charge is 2.36. The minimum Gasteiger partial charge on any atom is -0.385 e. The average molecular weight is 421 g/mol. The Balaban J connectivity index is 0.000000941. The lowest BCUT2D eigenvalue weighted by Crippen LogP contribution is -2.45. The van der Waals surface area contributed by atoms with Gasteiger partial charge in [-0.05, 0) is 43.5 Å². The number of rotatable bonds is 6. The molecule has 6 heteroatoms. The second-order valence-corrected chi connectivity index (χ2v) is 7.68. The summed E-state index contributed by atoms with van der Waals surface area (Å²) in [6.45, 7) is 3.57. The molecule has 1 fully saturated rings. The number of halogens is 2. The summed E-state index contributed by atoms with van der Waals surface area (Å²) in [4.78, 5) is 13.8. The number of piperidine rings is 1. The van der Waals surface area contributed by atoms with Crippen molar-refractivity contribution in [1.29, 1.82) is 0 Å². The zero-order valence-electron chi connectivity index (χ0n) is 16.9. The van der Waals surface area contributed by atoms with Gasteiger partial charge in [0.25, 0.3) is 0 Å². The van der Waals surface area contributed by atoms with Crippen LogP contribution in [0.1, 0.15) is 48.5 Å². The molecule has 2 aromatic rings. The van der Waals surface area contributed by atoms with Gasteiger partial charge in [0.1, 0.15) is 0 Å². The molecule has 1 unspecified atom stereocenters. The van der Waals surface area contributed by atoms with Crippen LogP contribution >= 0.6 is 11.6 Å². The molecule has 0 radical (unpaired) electrons. The molecule has 3 N–H and O–H groups in total. The van der Waals surface area contributed by atoms with Crippen molar-refractivity contribution in [3.8, 4) is 0 Å². The Hall–Kier alpha value is -1.79. The minimum absolute atomic E-state index is 0.0390. The number of Topliss-reactive ketones (excluding diaryl/α,β-unsaturated/α-hetero) is 1. The molecule has 29 heavy (non-hydrogen) atoms. The molecule has 158 valence electrons. The van der Waals surface area contributed by atoms with Gasteiger partial charge in [-0.1, -0.05) is 61.0 Å². The van der Waals surface area contributed by atoms with Crippen molar-refractivity contribution < 1.29 is 14.3 Å². The number of likely N-dealkylation sites (tertiary alicyclic amines) is 1. The fraction of sp³-hybridized carbons (Fsp3) is 0.435. The molecule has 0 saturated carbocycles. The third-order valence-electron chi connectivity index (χ3n) is 5.11. The third kappa shape index (κ3) is 6.89. The van der Waals surface area contributed by atoms with Gasteiger partial charge in [0, 0.05) is 30.1 Å². The first-order chi connectivity index (χ1) is 13.9. The number of hydrogen-bond donors (Lipinski definition) is 2.